The Kier molecular flexibility index (Phi) is 3.60. The Hall–Kier alpha value is -2.37. The molecule has 1 aliphatic heterocycles. The Morgan fingerprint density at radius 3 is 3.05 bits per heavy atom. The third kappa shape index (κ3) is 2.49. The molecular weight excluding hydrogens is 266 g/mol. The maximum absolute atomic E-state index is 12.1. The first-order valence-electron chi connectivity index (χ1n) is 7.19. The van der Waals surface area contributed by atoms with Gasteiger partial charge in [-0.15, -0.1) is 0 Å². The maximum atomic E-state index is 12.1. The van der Waals surface area contributed by atoms with E-state index in [1.54, 1.807) is 7.05 Å². The summed E-state index contributed by atoms with van der Waals surface area (Å²) < 4.78 is 0. The van der Waals surface area contributed by atoms with E-state index in [4.69, 9.17) is 5.73 Å². The standard InChI is InChI=1S/C15H19N5O/c1-17-15(21)13-4-2-3-7-20(13)14-11-6-5-10(16)8-12(11)18-9-19-14/h5-6,8-9,13H,2-4,7,16H2,1H3,(H,17,21). The Bertz CT molecular complexity index is 672. The summed E-state index contributed by atoms with van der Waals surface area (Å²) in [7, 11) is 1.67. The molecule has 1 aromatic carbocycles. The van der Waals surface area contributed by atoms with Gasteiger partial charge in [0.25, 0.3) is 0 Å². The van der Waals surface area contributed by atoms with Crippen molar-refractivity contribution in [3.05, 3.63) is 24.5 Å². The quantitative estimate of drug-likeness (QED) is 0.813. The van der Waals surface area contributed by atoms with Crippen LogP contribution in [-0.2, 0) is 4.79 Å². The fourth-order valence-corrected chi connectivity index (χ4v) is 2.91. The number of nitrogen functional groups attached to an aromatic ring is 1. The molecule has 6 heteroatoms. The lowest BCUT2D eigenvalue weighted by Crippen LogP contribution is -2.49. The number of likely N-dealkylation sites (N-methyl/N-ethyl adjacent to an activating group) is 1. The van der Waals surface area contributed by atoms with Crippen molar-refractivity contribution in [1.82, 2.24) is 15.3 Å². The molecule has 1 fully saturated rings. The Balaban J connectivity index is 2.07. The summed E-state index contributed by atoms with van der Waals surface area (Å²) in [5.41, 5.74) is 7.29. The molecule has 6 nitrogen and oxygen atoms in total. The Labute approximate surface area is 123 Å². The molecule has 1 unspecified atom stereocenters. The molecule has 3 rings (SSSR count). The number of fused-ring (bicyclic) bond motifs is 1. The lowest BCUT2D eigenvalue weighted by Gasteiger charge is -2.35. The van der Waals surface area contributed by atoms with E-state index in [0.29, 0.717) is 5.69 Å². The second-order valence-corrected chi connectivity index (χ2v) is 5.29. The fourth-order valence-electron chi connectivity index (χ4n) is 2.91. The van der Waals surface area contributed by atoms with Crippen molar-refractivity contribution in [3.8, 4) is 0 Å². The van der Waals surface area contributed by atoms with E-state index in [9.17, 15) is 4.79 Å². The molecule has 0 aliphatic carbocycles. The zero-order chi connectivity index (χ0) is 14.8. The van der Waals surface area contributed by atoms with Crippen LogP contribution in [-0.4, -0.2) is 35.5 Å². The number of hydrogen-bond donors (Lipinski definition) is 2. The van der Waals surface area contributed by atoms with Gasteiger partial charge in [-0.2, -0.15) is 0 Å². The van der Waals surface area contributed by atoms with Crippen LogP contribution >= 0.6 is 0 Å². The van der Waals surface area contributed by atoms with Gasteiger partial charge in [0.05, 0.1) is 5.52 Å². The van der Waals surface area contributed by atoms with Gasteiger partial charge in [-0.05, 0) is 37.5 Å². The molecule has 21 heavy (non-hydrogen) atoms. The fraction of sp³-hybridized carbons (Fsp3) is 0.400. The average Bonchev–Trinajstić information content (AvgIpc) is 2.53. The van der Waals surface area contributed by atoms with Crippen LogP contribution in [0.2, 0.25) is 0 Å². The van der Waals surface area contributed by atoms with Gasteiger partial charge in [0.1, 0.15) is 18.2 Å². The molecule has 2 aromatic rings. The van der Waals surface area contributed by atoms with Crippen molar-refractivity contribution in [1.29, 1.82) is 0 Å². The van der Waals surface area contributed by atoms with Crippen molar-refractivity contribution in [2.75, 3.05) is 24.2 Å². The summed E-state index contributed by atoms with van der Waals surface area (Å²) in [6.07, 6.45) is 4.51. The van der Waals surface area contributed by atoms with E-state index < -0.39 is 0 Å². The van der Waals surface area contributed by atoms with Crippen LogP contribution in [0.25, 0.3) is 10.9 Å². The number of piperidine rings is 1. The van der Waals surface area contributed by atoms with Crippen molar-refractivity contribution < 1.29 is 4.79 Å². The highest BCUT2D eigenvalue weighted by Crippen LogP contribution is 2.29. The number of anilines is 2. The molecule has 0 saturated carbocycles. The number of rotatable bonds is 2. The van der Waals surface area contributed by atoms with Crippen LogP contribution in [0.1, 0.15) is 19.3 Å². The van der Waals surface area contributed by atoms with Crippen molar-refractivity contribution in [3.63, 3.8) is 0 Å². The van der Waals surface area contributed by atoms with E-state index in [1.807, 2.05) is 18.2 Å². The van der Waals surface area contributed by atoms with Crippen molar-refractivity contribution in [2.24, 2.45) is 0 Å². The van der Waals surface area contributed by atoms with Gasteiger partial charge in [-0.25, -0.2) is 9.97 Å². The predicted octanol–water partition coefficient (Wildman–Crippen LogP) is 1.32. The molecule has 110 valence electrons. The second kappa shape index (κ2) is 5.55. The molecule has 0 spiro atoms. The smallest absolute Gasteiger partial charge is 0.242 e. The Morgan fingerprint density at radius 1 is 1.38 bits per heavy atom. The average molecular weight is 285 g/mol. The summed E-state index contributed by atoms with van der Waals surface area (Å²) in [5, 5.41) is 3.68. The normalized spacial score (nSPS) is 18.7. The number of hydrogen-bond acceptors (Lipinski definition) is 5. The van der Waals surface area contributed by atoms with Gasteiger partial charge in [0.15, 0.2) is 0 Å². The van der Waals surface area contributed by atoms with Gasteiger partial charge in [0, 0.05) is 24.7 Å². The highest BCUT2D eigenvalue weighted by Gasteiger charge is 2.29. The molecule has 1 atom stereocenters. The summed E-state index contributed by atoms with van der Waals surface area (Å²) in [4.78, 5) is 22.9. The third-order valence-corrected chi connectivity index (χ3v) is 3.96. The molecule has 3 N–H and O–H groups in total. The first-order chi connectivity index (χ1) is 10.2. The van der Waals surface area contributed by atoms with Crippen LogP contribution in [0.15, 0.2) is 24.5 Å². The van der Waals surface area contributed by atoms with Gasteiger partial charge in [-0.1, -0.05) is 0 Å². The highest BCUT2D eigenvalue weighted by molar-refractivity contribution is 5.94. The zero-order valence-corrected chi connectivity index (χ0v) is 12.0. The van der Waals surface area contributed by atoms with Crippen LogP contribution < -0.4 is 16.0 Å². The van der Waals surface area contributed by atoms with Gasteiger partial charge in [0.2, 0.25) is 5.91 Å². The van der Waals surface area contributed by atoms with E-state index in [0.717, 1.165) is 42.5 Å². The number of aromatic nitrogens is 2. The summed E-state index contributed by atoms with van der Waals surface area (Å²) in [5.74, 6) is 0.852. The molecule has 2 heterocycles. The summed E-state index contributed by atoms with van der Waals surface area (Å²) in [6, 6.07) is 5.43. The second-order valence-electron chi connectivity index (χ2n) is 5.29. The number of nitrogens with two attached hydrogens (primary N) is 1. The monoisotopic (exact) mass is 285 g/mol. The third-order valence-electron chi connectivity index (χ3n) is 3.96. The number of nitrogens with zero attached hydrogens (tertiary/aromatic N) is 3. The number of benzene rings is 1. The van der Waals surface area contributed by atoms with E-state index in [-0.39, 0.29) is 11.9 Å². The topological polar surface area (TPSA) is 84.1 Å². The minimum atomic E-state index is -0.167. The molecular formula is C15H19N5O. The molecule has 1 aromatic heterocycles. The van der Waals surface area contributed by atoms with Crippen molar-refractivity contribution in [2.45, 2.75) is 25.3 Å². The van der Waals surface area contributed by atoms with Gasteiger partial charge >= 0.3 is 0 Å². The SMILES string of the molecule is CNC(=O)C1CCCCN1c1ncnc2cc(N)ccc12. The van der Waals surface area contributed by atoms with Crippen LogP contribution in [0.3, 0.4) is 0 Å². The Morgan fingerprint density at radius 2 is 2.24 bits per heavy atom. The van der Waals surface area contributed by atoms with Crippen LogP contribution in [0, 0.1) is 0 Å². The van der Waals surface area contributed by atoms with E-state index in [1.165, 1.54) is 6.33 Å². The first kappa shape index (κ1) is 13.6. The highest BCUT2D eigenvalue weighted by atomic mass is 16.2. The largest absolute Gasteiger partial charge is 0.399 e. The number of carbonyl (C=O) groups is 1. The molecule has 1 saturated heterocycles. The van der Waals surface area contributed by atoms with Crippen LogP contribution in [0.5, 0.6) is 0 Å². The number of amides is 1. The zero-order valence-electron chi connectivity index (χ0n) is 12.0. The number of nitrogens with one attached hydrogen (secondary N) is 1. The van der Waals surface area contributed by atoms with E-state index >= 15 is 0 Å². The van der Waals surface area contributed by atoms with Gasteiger partial charge < -0.3 is 16.0 Å². The molecule has 0 radical (unpaired) electrons. The molecule has 1 aliphatic rings. The predicted molar refractivity (Wildman–Crippen MR) is 83.0 cm³/mol. The molecule has 1 amide bonds. The van der Waals surface area contributed by atoms with Crippen LogP contribution in [0.4, 0.5) is 11.5 Å². The summed E-state index contributed by atoms with van der Waals surface area (Å²) in [6.45, 7) is 0.828. The maximum Gasteiger partial charge on any atom is 0.242 e. The lowest BCUT2D eigenvalue weighted by molar-refractivity contribution is -0.122. The first-order valence-corrected chi connectivity index (χ1v) is 7.19. The minimum absolute atomic E-state index is 0.0388. The van der Waals surface area contributed by atoms with E-state index in [2.05, 4.69) is 20.2 Å². The summed E-state index contributed by atoms with van der Waals surface area (Å²) >= 11 is 0. The lowest BCUT2D eigenvalue weighted by atomic mass is 10.0. The van der Waals surface area contributed by atoms with Gasteiger partial charge in [-0.3, -0.25) is 4.79 Å². The molecule has 0 bridgehead atoms. The minimum Gasteiger partial charge on any atom is -0.399 e. The number of carbonyl (C=O) groups excluding carboxylic acids is 1. The van der Waals surface area contributed by atoms with Crippen molar-refractivity contribution >= 4 is 28.3 Å².